The number of hydrogen-bond donors (Lipinski definition) is 2. The summed E-state index contributed by atoms with van der Waals surface area (Å²) in [5, 5.41) is 6.72. The molecule has 0 atom stereocenters. The first kappa shape index (κ1) is 17.8. The Morgan fingerprint density at radius 2 is 1.92 bits per heavy atom. The topological polar surface area (TPSA) is 89.0 Å². The first-order valence-corrected chi connectivity index (χ1v) is 8.10. The van der Waals surface area contributed by atoms with E-state index in [1.165, 1.54) is 0 Å². The highest BCUT2D eigenvalue weighted by Gasteiger charge is 2.13. The van der Waals surface area contributed by atoms with Gasteiger partial charge in [0.15, 0.2) is 11.5 Å². The van der Waals surface area contributed by atoms with E-state index in [2.05, 4.69) is 15.8 Å². The highest BCUT2D eigenvalue weighted by molar-refractivity contribution is 6.05. The van der Waals surface area contributed by atoms with Gasteiger partial charge in [-0.05, 0) is 25.5 Å². The van der Waals surface area contributed by atoms with E-state index in [1.54, 1.807) is 25.1 Å². The minimum atomic E-state index is -0.212. The fourth-order valence-corrected chi connectivity index (χ4v) is 2.15. The van der Waals surface area contributed by atoms with E-state index in [0.29, 0.717) is 42.5 Å². The van der Waals surface area contributed by atoms with E-state index >= 15 is 0 Å². The molecule has 0 aliphatic carbocycles. The van der Waals surface area contributed by atoms with Crippen LogP contribution >= 0.6 is 0 Å². The molecule has 1 heterocycles. The molecule has 2 rings (SSSR count). The van der Waals surface area contributed by atoms with Gasteiger partial charge in [-0.2, -0.15) is 5.10 Å². The van der Waals surface area contributed by atoms with E-state index in [1.807, 2.05) is 6.92 Å². The molecule has 2 N–H and O–H groups in total. The Balaban J connectivity index is 1.83. The second kappa shape index (κ2) is 8.90. The molecule has 1 aromatic rings. The van der Waals surface area contributed by atoms with Gasteiger partial charge in [-0.15, -0.1) is 0 Å². The van der Waals surface area contributed by atoms with Gasteiger partial charge in [0, 0.05) is 23.9 Å². The fraction of sp³-hybridized carbons (Fsp3) is 0.471. The molecule has 0 saturated heterocycles. The second-order valence-corrected chi connectivity index (χ2v) is 5.57. The Morgan fingerprint density at radius 1 is 1.17 bits per heavy atom. The third kappa shape index (κ3) is 5.57. The molecule has 0 saturated carbocycles. The molecule has 7 nitrogen and oxygen atoms in total. The van der Waals surface area contributed by atoms with Gasteiger partial charge in [-0.3, -0.25) is 9.59 Å². The third-order valence-corrected chi connectivity index (χ3v) is 3.37. The molecule has 1 aliphatic rings. The van der Waals surface area contributed by atoms with Gasteiger partial charge in [0.2, 0.25) is 11.8 Å². The van der Waals surface area contributed by atoms with Gasteiger partial charge in [0.05, 0.1) is 6.42 Å². The summed E-state index contributed by atoms with van der Waals surface area (Å²) in [5.41, 5.74) is 3.63. The van der Waals surface area contributed by atoms with Crippen LogP contribution in [-0.2, 0) is 9.59 Å². The van der Waals surface area contributed by atoms with Crippen molar-refractivity contribution in [1.82, 2.24) is 5.43 Å². The lowest BCUT2D eigenvalue weighted by Crippen LogP contribution is -2.21. The van der Waals surface area contributed by atoms with E-state index in [4.69, 9.17) is 9.47 Å². The van der Waals surface area contributed by atoms with Crippen molar-refractivity contribution in [1.29, 1.82) is 0 Å². The molecule has 0 aromatic heterocycles. The van der Waals surface area contributed by atoms with Crippen LogP contribution in [0.5, 0.6) is 11.5 Å². The smallest absolute Gasteiger partial charge is 0.240 e. The average Bonchev–Trinajstić information content (AvgIpc) is 2.58. The molecule has 0 radical (unpaired) electrons. The molecular weight excluding hydrogens is 310 g/mol. The maximum absolute atomic E-state index is 12.0. The van der Waals surface area contributed by atoms with Crippen molar-refractivity contribution >= 4 is 23.2 Å². The number of hydrogen-bond acceptors (Lipinski definition) is 5. The number of benzene rings is 1. The summed E-state index contributed by atoms with van der Waals surface area (Å²) in [6.07, 6.45) is 2.32. The van der Waals surface area contributed by atoms with Crippen LogP contribution in [0, 0.1) is 0 Å². The molecule has 0 bridgehead atoms. The zero-order chi connectivity index (χ0) is 17.4. The van der Waals surface area contributed by atoms with Crippen LogP contribution in [0.15, 0.2) is 23.3 Å². The first-order chi connectivity index (χ1) is 11.6. The summed E-state index contributed by atoms with van der Waals surface area (Å²) >= 11 is 0. The molecule has 1 aromatic carbocycles. The number of amides is 2. The van der Waals surface area contributed by atoms with Gasteiger partial charge < -0.3 is 14.8 Å². The van der Waals surface area contributed by atoms with Crippen molar-refractivity contribution < 1.29 is 19.1 Å². The number of unbranched alkanes of at least 4 members (excludes halogenated alkanes) is 1. The Morgan fingerprint density at radius 3 is 2.67 bits per heavy atom. The van der Waals surface area contributed by atoms with Crippen molar-refractivity contribution in [2.45, 2.75) is 39.5 Å². The van der Waals surface area contributed by atoms with Crippen molar-refractivity contribution in [3.63, 3.8) is 0 Å². The molecule has 0 spiro atoms. The van der Waals surface area contributed by atoms with Gasteiger partial charge >= 0.3 is 0 Å². The zero-order valence-electron chi connectivity index (χ0n) is 14.1. The summed E-state index contributed by atoms with van der Waals surface area (Å²) in [5.74, 6) is 0.943. The van der Waals surface area contributed by atoms with E-state index in [9.17, 15) is 9.59 Å². The molecule has 24 heavy (non-hydrogen) atoms. The quantitative estimate of drug-likeness (QED) is 0.592. The minimum Gasteiger partial charge on any atom is -0.486 e. The zero-order valence-corrected chi connectivity index (χ0v) is 14.1. The summed E-state index contributed by atoms with van der Waals surface area (Å²) in [4.78, 5) is 23.5. The molecule has 1 aliphatic heterocycles. The van der Waals surface area contributed by atoms with Crippen LogP contribution in [0.1, 0.15) is 39.5 Å². The van der Waals surface area contributed by atoms with Crippen molar-refractivity contribution in [3.05, 3.63) is 18.2 Å². The number of rotatable bonds is 7. The normalized spacial score (nSPS) is 13.3. The number of hydrazone groups is 1. The summed E-state index contributed by atoms with van der Waals surface area (Å²) in [6, 6.07) is 5.24. The van der Waals surface area contributed by atoms with Crippen LogP contribution in [0.25, 0.3) is 0 Å². The molecule has 2 amide bonds. The summed E-state index contributed by atoms with van der Waals surface area (Å²) < 4.78 is 10.9. The van der Waals surface area contributed by atoms with Gasteiger partial charge in [0.25, 0.3) is 0 Å². The Labute approximate surface area is 141 Å². The molecule has 130 valence electrons. The van der Waals surface area contributed by atoms with Crippen LogP contribution in [0.2, 0.25) is 0 Å². The highest BCUT2D eigenvalue weighted by Crippen LogP contribution is 2.32. The number of carbonyl (C=O) groups is 2. The van der Waals surface area contributed by atoms with Crippen molar-refractivity contribution in [2.24, 2.45) is 5.10 Å². The number of carbonyl (C=O) groups excluding carboxylic acids is 2. The van der Waals surface area contributed by atoms with Crippen LogP contribution in [-0.4, -0.2) is 30.7 Å². The Hall–Kier alpha value is -2.57. The Bertz CT molecular complexity index is 628. The monoisotopic (exact) mass is 333 g/mol. The lowest BCUT2D eigenvalue weighted by atomic mass is 10.2. The SMILES string of the molecule is CCCCC(=O)N/N=C(\C)CC(=O)Nc1ccc2c(c1)OCCO2. The van der Waals surface area contributed by atoms with Gasteiger partial charge in [0.1, 0.15) is 13.2 Å². The Kier molecular flexibility index (Phi) is 6.60. The lowest BCUT2D eigenvalue weighted by Gasteiger charge is -2.19. The van der Waals surface area contributed by atoms with Crippen LogP contribution < -0.4 is 20.2 Å². The number of ether oxygens (including phenoxy) is 2. The molecule has 0 fully saturated rings. The lowest BCUT2D eigenvalue weighted by molar-refractivity contribution is -0.121. The first-order valence-electron chi connectivity index (χ1n) is 8.10. The third-order valence-electron chi connectivity index (χ3n) is 3.37. The van der Waals surface area contributed by atoms with Crippen LogP contribution in [0.3, 0.4) is 0 Å². The number of nitrogens with zero attached hydrogens (tertiary/aromatic N) is 1. The van der Waals surface area contributed by atoms with Gasteiger partial charge in [-0.1, -0.05) is 13.3 Å². The van der Waals surface area contributed by atoms with Crippen molar-refractivity contribution in [3.8, 4) is 11.5 Å². The summed E-state index contributed by atoms with van der Waals surface area (Å²) in [6.45, 7) is 4.74. The predicted molar refractivity (Wildman–Crippen MR) is 91.5 cm³/mol. The predicted octanol–water partition coefficient (Wildman–Crippen LogP) is 2.47. The highest BCUT2D eigenvalue weighted by atomic mass is 16.6. The van der Waals surface area contributed by atoms with Crippen molar-refractivity contribution in [2.75, 3.05) is 18.5 Å². The molecule has 0 unspecified atom stereocenters. The summed E-state index contributed by atoms with van der Waals surface area (Å²) in [7, 11) is 0. The molecule has 7 heteroatoms. The second-order valence-electron chi connectivity index (χ2n) is 5.57. The van der Waals surface area contributed by atoms with E-state index < -0.39 is 0 Å². The van der Waals surface area contributed by atoms with E-state index in [0.717, 1.165) is 12.8 Å². The van der Waals surface area contributed by atoms with E-state index in [-0.39, 0.29) is 18.2 Å². The average molecular weight is 333 g/mol. The number of fused-ring (bicyclic) bond motifs is 1. The standard InChI is InChI=1S/C17H23N3O4/c1-3-4-5-16(21)20-19-12(2)10-17(22)18-13-6-7-14-15(11-13)24-9-8-23-14/h6-7,11H,3-5,8-10H2,1-2H3,(H,18,22)(H,20,21)/b19-12+. The fourth-order valence-electron chi connectivity index (χ4n) is 2.15. The molecular formula is C17H23N3O4. The maximum Gasteiger partial charge on any atom is 0.240 e. The number of nitrogens with one attached hydrogen (secondary N) is 2. The van der Waals surface area contributed by atoms with Gasteiger partial charge in [-0.25, -0.2) is 5.43 Å². The largest absolute Gasteiger partial charge is 0.486 e. The maximum atomic E-state index is 12.0. The number of anilines is 1. The minimum absolute atomic E-state index is 0.0997. The van der Waals surface area contributed by atoms with Crippen LogP contribution in [0.4, 0.5) is 5.69 Å².